The van der Waals surface area contributed by atoms with Crippen LogP contribution in [-0.2, 0) is 25.4 Å². The van der Waals surface area contributed by atoms with E-state index in [1.54, 1.807) is 19.2 Å². The van der Waals surface area contributed by atoms with Crippen molar-refractivity contribution in [2.75, 3.05) is 0 Å². The van der Waals surface area contributed by atoms with Crippen LogP contribution in [0.2, 0.25) is 0 Å². The van der Waals surface area contributed by atoms with E-state index in [0.29, 0.717) is 23.7 Å². The highest BCUT2D eigenvalue weighted by Crippen LogP contribution is 2.34. The van der Waals surface area contributed by atoms with Gasteiger partial charge >= 0.3 is 30.1 Å². The molecule has 0 spiro atoms. The lowest BCUT2D eigenvalue weighted by atomic mass is 10.0. The number of ketones is 1. The number of carboxylic acids is 4. The molecule has 2 atom stereocenters. The van der Waals surface area contributed by atoms with Crippen LogP contribution in [0.1, 0.15) is 74.8 Å². The van der Waals surface area contributed by atoms with Crippen LogP contribution in [0.4, 0.5) is 13.2 Å². The van der Waals surface area contributed by atoms with Gasteiger partial charge in [-0.1, -0.05) is 17.4 Å². The molecule has 0 unspecified atom stereocenters. The Bertz CT molecular complexity index is 2530. The van der Waals surface area contributed by atoms with Gasteiger partial charge in [0.25, 0.3) is 11.8 Å². The maximum atomic E-state index is 14.2. The van der Waals surface area contributed by atoms with Crippen molar-refractivity contribution in [3.8, 4) is 34.2 Å². The molecule has 23 heteroatoms. The first-order chi connectivity index (χ1) is 28.2. The zero-order valence-corrected chi connectivity index (χ0v) is 31.2. The Morgan fingerprint density at radius 3 is 1.58 bits per heavy atom. The zero-order valence-electron chi connectivity index (χ0n) is 31.2. The number of rotatable bonds is 17. The van der Waals surface area contributed by atoms with Crippen LogP contribution in [0.5, 0.6) is 0 Å². The molecular formula is C37H32F3N9O11. The molecule has 60 heavy (non-hydrogen) atoms. The Morgan fingerprint density at radius 1 is 0.683 bits per heavy atom. The Hall–Kier alpha value is -7.85. The molecule has 3 heterocycles. The molecule has 312 valence electrons. The molecule has 5 rings (SSSR count). The normalized spacial score (nSPS) is 12.3. The molecule has 0 aliphatic heterocycles. The van der Waals surface area contributed by atoms with Gasteiger partial charge in [-0.3, -0.25) is 24.0 Å². The molecular weight excluding hydrogens is 803 g/mol. The van der Waals surface area contributed by atoms with Gasteiger partial charge in [-0.15, -0.1) is 10.2 Å². The van der Waals surface area contributed by atoms with Gasteiger partial charge in [-0.25, -0.2) is 23.9 Å². The maximum Gasteiger partial charge on any atom is 0.417 e. The number of carbonyl (C=O) groups excluding carboxylic acids is 3. The lowest BCUT2D eigenvalue weighted by molar-refractivity contribution is -0.145. The van der Waals surface area contributed by atoms with E-state index in [4.69, 9.17) is 10.2 Å². The molecule has 2 aromatic carbocycles. The number of benzene rings is 2. The second-order valence-corrected chi connectivity index (χ2v) is 13.0. The molecule has 0 bridgehead atoms. The SMILES string of the molecule is CCCC(=O)c1cc(-c2cn(-c3ccc(C(=O)N[C@@H](CC(=O)O)C(=O)O)c(C)c3)nn2)nc(-c2cn(-c3ccc(C(=O)N[C@@H](CC(=O)O)C(=O)O)c(C(F)(F)F)c3)nn2)c1. The van der Waals surface area contributed by atoms with Crippen molar-refractivity contribution in [2.24, 2.45) is 0 Å². The van der Waals surface area contributed by atoms with E-state index in [9.17, 15) is 56.9 Å². The summed E-state index contributed by atoms with van der Waals surface area (Å²) in [4.78, 5) is 88.1. The smallest absolute Gasteiger partial charge is 0.417 e. The van der Waals surface area contributed by atoms with Gasteiger partial charge in [-0.2, -0.15) is 13.2 Å². The van der Waals surface area contributed by atoms with Crippen LogP contribution >= 0.6 is 0 Å². The van der Waals surface area contributed by atoms with E-state index < -0.39 is 77.9 Å². The summed E-state index contributed by atoms with van der Waals surface area (Å²) in [6, 6.07) is 5.96. The van der Waals surface area contributed by atoms with E-state index in [1.165, 1.54) is 47.4 Å². The second kappa shape index (κ2) is 17.7. The lowest BCUT2D eigenvalue weighted by Gasteiger charge is -2.17. The summed E-state index contributed by atoms with van der Waals surface area (Å²) in [6.45, 7) is 3.35. The number of pyridine rings is 1. The summed E-state index contributed by atoms with van der Waals surface area (Å²) >= 11 is 0. The predicted molar refractivity (Wildman–Crippen MR) is 196 cm³/mol. The van der Waals surface area contributed by atoms with Crippen molar-refractivity contribution in [2.45, 2.75) is 57.8 Å². The molecule has 0 fully saturated rings. The van der Waals surface area contributed by atoms with Crippen LogP contribution in [-0.4, -0.2) is 109 Å². The van der Waals surface area contributed by atoms with E-state index in [0.717, 1.165) is 16.8 Å². The molecule has 2 amide bonds. The number of nitrogens with zero attached hydrogens (tertiary/aromatic N) is 7. The van der Waals surface area contributed by atoms with Crippen LogP contribution in [0, 0.1) is 6.92 Å². The predicted octanol–water partition coefficient (Wildman–Crippen LogP) is 3.20. The Morgan fingerprint density at radius 2 is 1.15 bits per heavy atom. The molecule has 0 radical (unpaired) electrons. The highest BCUT2D eigenvalue weighted by molar-refractivity contribution is 6.00. The highest BCUT2D eigenvalue weighted by Gasteiger charge is 2.37. The Labute approximate surface area is 334 Å². The van der Waals surface area contributed by atoms with Gasteiger partial charge in [0, 0.05) is 17.5 Å². The van der Waals surface area contributed by atoms with Crippen molar-refractivity contribution < 1.29 is 67.2 Å². The summed E-state index contributed by atoms with van der Waals surface area (Å²) in [6.07, 6.45) is -3.76. The quantitative estimate of drug-likeness (QED) is 0.0733. The van der Waals surface area contributed by atoms with Gasteiger partial charge in [0.2, 0.25) is 0 Å². The van der Waals surface area contributed by atoms with Crippen molar-refractivity contribution in [3.05, 3.63) is 88.7 Å². The molecule has 0 aliphatic rings. The third kappa shape index (κ3) is 10.2. The summed E-state index contributed by atoms with van der Waals surface area (Å²) in [5.74, 6) is -8.90. The van der Waals surface area contributed by atoms with Gasteiger partial charge in [0.05, 0.1) is 59.1 Å². The first-order valence-electron chi connectivity index (χ1n) is 17.5. The van der Waals surface area contributed by atoms with Crippen LogP contribution in [0.3, 0.4) is 0 Å². The lowest BCUT2D eigenvalue weighted by Crippen LogP contribution is -2.42. The number of alkyl halides is 3. The molecule has 3 aromatic heterocycles. The molecule has 6 N–H and O–H groups in total. The molecule has 5 aromatic rings. The average molecular weight is 836 g/mol. The third-order valence-corrected chi connectivity index (χ3v) is 8.64. The minimum atomic E-state index is -5.14. The van der Waals surface area contributed by atoms with Crippen LogP contribution in [0.15, 0.2) is 60.9 Å². The Kier molecular flexibility index (Phi) is 12.8. The summed E-state index contributed by atoms with van der Waals surface area (Å²) in [5, 5.41) is 56.6. The fourth-order valence-electron chi connectivity index (χ4n) is 5.71. The fourth-order valence-corrected chi connectivity index (χ4v) is 5.71. The molecule has 0 saturated carbocycles. The fraction of sp³-hybridized carbons (Fsp3) is 0.243. The molecule has 20 nitrogen and oxygen atoms in total. The summed E-state index contributed by atoms with van der Waals surface area (Å²) < 4.78 is 44.9. The number of Topliss-reactive ketones (excluding diaryl/α,β-unsaturated/α-hetero) is 1. The van der Waals surface area contributed by atoms with Crippen molar-refractivity contribution in [1.29, 1.82) is 0 Å². The average Bonchev–Trinajstić information content (AvgIpc) is 3.88. The third-order valence-electron chi connectivity index (χ3n) is 8.64. The van der Waals surface area contributed by atoms with Gasteiger partial charge in [-0.05, 0) is 67.4 Å². The number of hydrogen-bond donors (Lipinski definition) is 6. The summed E-state index contributed by atoms with van der Waals surface area (Å²) in [5.41, 5.74) is -1.33. The molecule has 0 aliphatic carbocycles. The minimum absolute atomic E-state index is 0.00104. The number of hydrogen-bond acceptors (Lipinski definition) is 12. The highest BCUT2D eigenvalue weighted by atomic mass is 19.4. The Balaban J connectivity index is 1.46. The van der Waals surface area contributed by atoms with E-state index >= 15 is 0 Å². The minimum Gasteiger partial charge on any atom is -0.481 e. The van der Waals surface area contributed by atoms with Crippen molar-refractivity contribution in [1.82, 2.24) is 45.6 Å². The number of aryl methyl sites for hydroxylation is 1. The number of halogens is 3. The first-order valence-corrected chi connectivity index (χ1v) is 17.5. The number of amides is 2. The number of carboxylic acid groups (broad SMARTS) is 4. The largest absolute Gasteiger partial charge is 0.481 e. The number of carbonyl (C=O) groups is 7. The van der Waals surface area contributed by atoms with E-state index in [1.807, 2.05) is 0 Å². The van der Waals surface area contributed by atoms with E-state index in [-0.39, 0.29) is 51.8 Å². The first kappa shape index (κ1) is 43.3. The number of nitrogens with one attached hydrogen (secondary N) is 2. The number of aromatic nitrogens is 7. The van der Waals surface area contributed by atoms with Gasteiger partial charge in [0.15, 0.2) is 5.78 Å². The van der Waals surface area contributed by atoms with E-state index in [2.05, 4.69) is 30.9 Å². The van der Waals surface area contributed by atoms with Gasteiger partial charge < -0.3 is 31.1 Å². The van der Waals surface area contributed by atoms with Crippen molar-refractivity contribution in [3.63, 3.8) is 0 Å². The molecule has 0 saturated heterocycles. The van der Waals surface area contributed by atoms with Gasteiger partial charge in [0.1, 0.15) is 23.5 Å². The van der Waals surface area contributed by atoms with Crippen LogP contribution < -0.4 is 10.6 Å². The van der Waals surface area contributed by atoms with Crippen LogP contribution in [0.25, 0.3) is 34.2 Å². The monoisotopic (exact) mass is 835 g/mol. The topological polar surface area (TPSA) is 299 Å². The summed E-state index contributed by atoms with van der Waals surface area (Å²) in [7, 11) is 0. The number of aliphatic carboxylic acids is 4. The van der Waals surface area contributed by atoms with Crippen molar-refractivity contribution >= 4 is 41.5 Å². The second-order valence-electron chi connectivity index (χ2n) is 13.0. The maximum absolute atomic E-state index is 14.2. The standard InChI is InChI=1S/C37H32F3N9O11/c1-3-4-30(50)18-10-24(28-15-48(46-44-28)19-5-7-21(17(2)9-19)33(55)42-26(35(57)58)13-31(51)52)41-25(11-18)29-16-49(47-45-29)20-6-8-22(23(12-20)37(38,39)40)34(56)43-27(36(59)60)14-32(53)54/h5-12,15-16,26-27H,3-4,13-14H2,1-2H3,(H,42,55)(H,43,56)(H,51,52)(H,53,54)(H,57,58)(H,59,60)/t26-,27-/m0/s1. The zero-order chi connectivity index (χ0) is 44.1.